The number of rotatable bonds is 2. The van der Waals surface area contributed by atoms with Crippen molar-refractivity contribution in [1.82, 2.24) is 4.98 Å². The maximum absolute atomic E-state index is 10.8. The largest absolute Gasteiger partial charge is 0.387 e. The Bertz CT molecular complexity index is 648. The maximum atomic E-state index is 10.8. The molecule has 1 saturated carbocycles. The lowest BCUT2D eigenvalue weighted by Crippen LogP contribution is -2.30. The number of aromatic nitrogens is 1. The summed E-state index contributed by atoms with van der Waals surface area (Å²) in [5, 5.41) is 21.5. The van der Waals surface area contributed by atoms with Crippen LogP contribution in [0.1, 0.15) is 43.8 Å². The first-order chi connectivity index (χ1) is 9.77. The SMILES string of the molecule is N#CC1(C(O)c2cccc3cccnc23)CCCCC1. The summed E-state index contributed by atoms with van der Waals surface area (Å²) in [6.07, 6.45) is 5.71. The van der Waals surface area contributed by atoms with E-state index in [1.54, 1.807) is 6.20 Å². The number of hydrogen-bond acceptors (Lipinski definition) is 3. The van der Waals surface area contributed by atoms with E-state index in [4.69, 9.17) is 0 Å². The lowest BCUT2D eigenvalue weighted by Gasteiger charge is -2.35. The molecule has 1 N–H and O–H groups in total. The van der Waals surface area contributed by atoms with Crippen molar-refractivity contribution >= 4 is 10.9 Å². The molecule has 20 heavy (non-hydrogen) atoms. The average Bonchev–Trinajstić information content (AvgIpc) is 2.54. The molecule has 1 heterocycles. The molecule has 0 saturated heterocycles. The molecule has 3 heteroatoms. The number of aliphatic hydroxyl groups excluding tert-OH is 1. The molecule has 2 aromatic rings. The van der Waals surface area contributed by atoms with Crippen LogP contribution >= 0.6 is 0 Å². The Balaban J connectivity index is 2.08. The first kappa shape index (κ1) is 13.1. The average molecular weight is 266 g/mol. The van der Waals surface area contributed by atoms with Crippen molar-refractivity contribution in [3.8, 4) is 6.07 Å². The monoisotopic (exact) mass is 266 g/mol. The van der Waals surface area contributed by atoms with Gasteiger partial charge in [-0.05, 0) is 18.9 Å². The minimum atomic E-state index is -0.758. The summed E-state index contributed by atoms with van der Waals surface area (Å²) < 4.78 is 0. The second-order valence-corrected chi connectivity index (χ2v) is 5.65. The molecule has 1 unspecified atom stereocenters. The summed E-state index contributed by atoms with van der Waals surface area (Å²) in [6, 6.07) is 12.1. The zero-order valence-electron chi connectivity index (χ0n) is 11.4. The Morgan fingerprint density at radius 2 is 1.90 bits per heavy atom. The predicted octanol–water partition coefficient (Wildman–Crippen LogP) is 3.74. The summed E-state index contributed by atoms with van der Waals surface area (Å²) >= 11 is 0. The van der Waals surface area contributed by atoms with Crippen LogP contribution in [0, 0.1) is 16.7 Å². The third kappa shape index (κ3) is 2.07. The highest BCUT2D eigenvalue weighted by Crippen LogP contribution is 2.46. The van der Waals surface area contributed by atoms with Gasteiger partial charge in [0.05, 0.1) is 23.1 Å². The molecule has 0 aliphatic heterocycles. The predicted molar refractivity (Wildman–Crippen MR) is 77.8 cm³/mol. The fourth-order valence-electron chi connectivity index (χ4n) is 3.28. The highest BCUT2D eigenvalue weighted by atomic mass is 16.3. The molecule has 0 spiro atoms. The molecule has 1 fully saturated rings. The summed E-state index contributed by atoms with van der Waals surface area (Å²) in [4.78, 5) is 4.39. The van der Waals surface area contributed by atoms with Crippen LogP contribution in [0.5, 0.6) is 0 Å². The van der Waals surface area contributed by atoms with Crippen LogP contribution in [0.25, 0.3) is 10.9 Å². The molecule has 3 rings (SSSR count). The van der Waals surface area contributed by atoms with Crippen LogP contribution in [0.2, 0.25) is 0 Å². The molecule has 1 aliphatic carbocycles. The second kappa shape index (κ2) is 5.22. The summed E-state index contributed by atoms with van der Waals surface area (Å²) in [6.45, 7) is 0. The second-order valence-electron chi connectivity index (χ2n) is 5.65. The highest BCUT2D eigenvalue weighted by Gasteiger charge is 2.40. The lowest BCUT2D eigenvalue weighted by atomic mass is 9.69. The van der Waals surface area contributed by atoms with Crippen LogP contribution in [-0.4, -0.2) is 10.1 Å². The number of fused-ring (bicyclic) bond motifs is 1. The van der Waals surface area contributed by atoms with Gasteiger partial charge < -0.3 is 5.11 Å². The Morgan fingerprint density at radius 1 is 1.15 bits per heavy atom. The van der Waals surface area contributed by atoms with Gasteiger partial charge in [0.25, 0.3) is 0 Å². The third-order valence-electron chi connectivity index (χ3n) is 4.45. The van der Waals surface area contributed by atoms with Crippen molar-refractivity contribution in [1.29, 1.82) is 5.26 Å². The van der Waals surface area contributed by atoms with Gasteiger partial charge in [-0.15, -0.1) is 0 Å². The fraction of sp³-hybridized carbons (Fsp3) is 0.412. The van der Waals surface area contributed by atoms with Crippen molar-refractivity contribution in [2.75, 3.05) is 0 Å². The quantitative estimate of drug-likeness (QED) is 0.900. The van der Waals surface area contributed by atoms with Crippen LogP contribution in [0.4, 0.5) is 0 Å². The van der Waals surface area contributed by atoms with Gasteiger partial charge in [0.2, 0.25) is 0 Å². The standard InChI is InChI=1S/C17H18N2O/c18-12-17(9-2-1-3-10-17)16(20)14-8-4-6-13-7-5-11-19-15(13)14/h4-8,11,16,20H,1-3,9-10H2. The van der Waals surface area contributed by atoms with Crippen molar-refractivity contribution in [2.24, 2.45) is 5.41 Å². The summed E-state index contributed by atoms with van der Waals surface area (Å²) in [5.41, 5.74) is 0.943. The van der Waals surface area contributed by atoms with E-state index >= 15 is 0 Å². The number of nitrogens with zero attached hydrogens (tertiary/aromatic N) is 2. The van der Waals surface area contributed by atoms with Gasteiger partial charge in [0.15, 0.2) is 0 Å². The van der Waals surface area contributed by atoms with Crippen LogP contribution in [0.15, 0.2) is 36.5 Å². The van der Waals surface area contributed by atoms with Gasteiger partial charge in [0.1, 0.15) is 0 Å². The molecule has 1 aromatic carbocycles. The van der Waals surface area contributed by atoms with E-state index in [0.717, 1.165) is 48.6 Å². The molecule has 0 bridgehead atoms. The van der Waals surface area contributed by atoms with E-state index in [0.29, 0.717) is 0 Å². The van der Waals surface area contributed by atoms with Gasteiger partial charge in [-0.1, -0.05) is 43.5 Å². The Labute approximate surface area is 118 Å². The number of pyridine rings is 1. The van der Waals surface area contributed by atoms with Gasteiger partial charge >= 0.3 is 0 Å². The van der Waals surface area contributed by atoms with E-state index in [1.165, 1.54) is 0 Å². The van der Waals surface area contributed by atoms with E-state index in [1.807, 2.05) is 30.3 Å². The van der Waals surface area contributed by atoms with Gasteiger partial charge in [-0.2, -0.15) is 5.26 Å². The van der Waals surface area contributed by atoms with Crippen LogP contribution in [-0.2, 0) is 0 Å². The van der Waals surface area contributed by atoms with Crippen molar-refractivity contribution in [3.05, 3.63) is 42.1 Å². The molecule has 1 aliphatic rings. The minimum absolute atomic E-state index is 0.649. The summed E-state index contributed by atoms with van der Waals surface area (Å²) in [7, 11) is 0. The van der Waals surface area contributed by atoms with E-state index in [2.05, 4.69) is 11.1 Å². The van der Waals surface area contributed by atoms with E-state index < -0.39 is 11.5 Å². The van der Waals surface area contributed by atoms with Crippen molar-refractivity contribution < 1.29 is 5.11 Å². The highest BCUT2D eigenvalue weighted by molar-refractivity contribution is 5.82. The summed E-state index contributed by atoms with van der Waals surface area (Å²) in [5.74, 6) is 0. The number of para-hydroxylation sites is 1. The van der Waals surface area contributed by atoms with Gasteiger partial charge in [-0.25, -0.2) is 0 Å². The van der Waals surface area contributed by atoms with Crippen molar-refractivity contribution in [3.63, 3.8) is 0 Å². The molecule has 0 radical (unpaired) electrons. The molecule has 102 valence electrons. The Morgan fingerprint density at radius 3 is 2.65 bits per heavy atom. The molecule has 1 aromatic heterocycles. The Kier molecular flexibility index (Phi) is 3.42. The van der Waals surface area contributed by atoms with E-state index in [-0.39, 0.29) is 0 Å². The fourth-order valence-corrected chi connectivity index (χ4v) is 3.28. The van der Waals surface area contributed by atoms with Gasteiger partial charge in [-0.3, -0.25) is 4.98 Å². The zero-order valence-corrected chi connectivity index (χ0v) is 11.4. The van der Waals surface area contributed by atoms with Crippen LogP contribution in [0.3, 0.4) is 0 Å². The molecule has 1 atom stereocenters. The zero-order chi connectivity index (χ0) is 14.0. The topological polar surface area (TPSA) is 56.9 Å². The van der Waals surface area contributed by atoms with Gasteiger partial charge in [0, 0.05) is 17.1 Å². The molecular formula is C17H18N2O. The number of hydrogen-bond donors (Lipinski definition) is 1. The van der Waals surface area contributed by atoms with Crippen molar-refractivity contribution in [2.45, 2.75) is 38.2 Å². The third-order valence-corrected chi connectivity index (χ3v) is 4.45. The lowest BCUT2D eigenvalue weighted by molar-refractivity contribution is 0.0369. The number of benzene rings is 1. The first-order valence-corrected chi connectivity index (χ1v) is 7.20. The number of aliphatic hydroxyl groups is 1. The molecular weight excluding hydrogens is 248 g/mol. The smallest absolute Gasteiger partial charge is 0.0997 e. The first-order valence-electron chi connectivity index (χ1n) is 7.20. The molecule has 0 amide bonds. The minimum Gasteiger partial charge on any atom is -0.387 e. The number of nitriles is 1. The maximum Gasteiger partial charge on any atom is 0.0997 e. The Hall–Kier alpha value is -1.92. The molecule has 3 nitrogen and oxygen atoms in total. The normalized spacial score (nSPS) is 19.4. The van der Waals surface area contributed by atoms with Crippen LogP contribution < -0.4 is 0 Å². The van der Waals surface area contributed by atoms with E-state index in [9.17, 15) is 10.4 Å².